The summed E-state index contributed by atoms with van der Waals surface area (Å²) in [4.78, 5) is 25.2. The first-order valence-corrected chi connectivity index (χ1v) is 9.37. The van der Waals surface area contributed by atoms with Gasteiger partial charge in [-0.05, 0) is 59.7 Å². The molecule has 142 valence electrons. The highest BCUT2D eigenvalue weighted by molar-refractivity contribution is 6.08. The number of hydrogen-bond donors (Lipinski definition) is 2. The van der Waals surface area contributed by atoms with Gasteiger partial charge < -0.3 is 10.6 Å². The van der Waals surface area contributed by atoms with E-state index in [1.165, 1.54) is 0 Å². The standard InChI is InChI=1S/C25H20N2O2/c1-17-11-12-21(16-23(17)27-24(28)19-8-3-2-4-9-19)25(29)26-22-14-13-18-7-5-6-10-20(18)15-22/h2-16H,1H3,(H,26,29)(H,27,28). The molecule has 29 heavy (non-hydrogen) atoms. The van der Waals surface area contributed by atoms with Crippen molar-refractivity contribution in [3.63, 3.8) is 0 Å². The van der Waals surface area contributed by atoms with Crippen LogP contribution >= 0.6 is 0 Å². The minimum absolute atomic E-state index is 0.208. The van der Waals surface area contributed by atoms with E-state index in [1.807, 2.05) is 73.7 Å². The fraction of sp³-hybridized carbons (Fsp3) is 0.0400. The Labute approximate surface area is 169 Å². The van der Waals surface area contributed by atoms with Gasteiger partial charge >= 0.3 is 0 Å². The summed E-state index contributed by atoms with van der Waals surface area (Å²) >= 11 is 0. The Hall–Kier alpha value is -3.92. The number of carbonyl (C=O) groups excluding carboxylic acids is 2. The van der Waals surface area contributed by atoms with Gasteiger partial charge in [-0.15, -0.1) is 0 Å². The van der Waals surface area contributed by atoms with Crippen molar-refractivity contribution in [1.29, 1.82) is 0 Å². The molecule has 0 aliphatic heterocycles. The number of benzene rings is 4. The van der Waals surface area contributed by atoms with Crippen LogP contribution < -0.4 is 10.6 Å². The summed E-state index contributed by atoms with van der Waals surface area (Å²) in [5.41, 5.74) is 3.27. The normalized spacial score (nSPS) is 10.5. The molecule has 0 radical (unpaired) electrons. The molecular weight excluding hydrogens is 360 g/mol. The molecule has 0 unspecified atom stereocenters. The van der Waals surface area contributed by atoms with E-state index in [2.05, 4.69) is 10.6 Å². The zero-order chi connectivity index (χ0) is 20.2. The molecule has 0 aliphatic carbocycles. The second kappa shape index (κ2) is 7.98. The van der Waals surface area contributed by atoms with E-state index < -0.39 is 0 Å². The van der Waals surface area contributed by atoms with Crippen LogP contribution in [0.1, 0.15) is 26.3 Å². The van der Waals surface area contributed by atoms with Gasteiger partial charge in [0.15, 0.2) is 0 Å². The maximum absolute atomic E-state index is 12.7. The first kappa shape index (κ1) is 18.4. The van der Waals surface area contributed by atoms with Crippen LogP contribution in [0.3, 0.4) is 0 Å². The SMILES string of the molecule is Cc1ccc(C(=O)Nc2ccc3ccccc3c2)cc1NC(=O)c1ccccc1. The third-order valence-electron chi connectivity index (χ3n) is 4.79. The zero-order valence-corrected chi connectivity index (χ0v) is 16.0. The van der Waals surface area contributed by atoms with E-state index >= 15 is 0 Å². The summed E-state index contributed by atoms with van der Waals surface area (Å²) in [5, 5.41) is 8.00. The molecule has 4 rings (SSSR count). The van der Waals surface area contributed by atoms with E-state index in [4.69, 9.17) is 0 Å². The maximum atomic E-state index is 12.7. The number of anilines is 2. The molecule has 0 saturated carbocycles. The molecule has 2 amide bonds. The molecule has 0 bridgehead atoms. The van der Waals surface area contributed by atoms with Crippen molar-refractivity contribution in [2.75, 3.05) is 10.6 Å². The van der Waals surface area contributed by atoms with Gasteiger partial charge in [0.25, 0.3) is 11.8 Å². The number of aryl methyl sites for hydroxylation is 1. The van der Waals surface area contributed by atoms with Gasteiger partial charge in [0.1, 0.15) is 0 Å². The molecule has 0 aliphatic rings. The van der Waals surface area contributed by atoms with Gasteiger partial charge in [0.05, 0.1) is 0 Å². The van der Waals surface area contributed by atoms with Gasteiger partial charge in [-0.25, -0.2) is 0 Å². The van der Waals surface area contributed by atoms with Crippen LogP contribution in [0, 0.1) is 6.92 Å². The van der Waals surface area contributed by atoms with E-state index in [0.29, 0.717) is 16.8 Å². The summed E-state index contributed by atoms with van der Waals surface area (Å²) < 4.78 is 0. The summed E-state index contributed by atoms with van der Waals surface area (Å²) in [6, 6.07) is 28.1. The predicted octanol–water partition coefficient (Wildman–Crippen LogP) is 5.65. The highest BCUT2D eigenvalue weighted by Crippen LogP contribution is 2.22. The fourth-order valence-electron chi connectivity index (χ4n) is 3.15. The molecule has 0 heterocycles. The van der Waals surface area contributed by atoms with E-state index in [0.717, 1.165) is 22.0 Å². The molecule has 0 atom stereocenters. The Kier molecular flexibility index (Phi) is 5.08. The van der Waals surface area contributed by atoms with Crippen molar-refractivity contribution in [2.45, 2.75) is 6.92 Å². The number of fused-ring (bicyclic) bond motifs is 1. The van der Waals surface area contributed by atoms with Crippen LogP contribution in [0.4, 0.5) is 11.4 Å². The Morgan fingerprint density at radius 1 is 0.621 bits per heavy atom. The average molecular weight is 380 g/mol. The lowest BCUT2D eigenvalue weighted by atomic mass is 10.1. The van der Waals surface area contributed by atoms with Crippen LogP contribution in [0.5, 0.6) is 0 Å². The number of amides is 2. The first-order valence-electron chi connectivity index (χ1n) is 9.37. The first-order chi connectivity index (χ1) is 14.1. The lowest BCUT2D eigenvalue weighted by molar-refractivity contribution is 0.101. The van der Waals surface area contributed by atoms with Crippen LogP contribution in [0.25, 0.3) is 10.8 Å². The monoisotopic (exact) mass is 380 g/mol. The van der Waals surface area contributed by atoms with E-state index in [-0.39, 0.29) is 11.8 Å². The molecule has 4 nitrogen and oxygen atoms in total. The second-order valence-corrected chi connectivity index (χ2v) is 6.87. The molecule has 0 saturated heterocycles. The van der Waals surface area contributed by atoms with Crippen LogP contribution in [-0.4, -0.2) is 11.8 Å². The zero-order valence-electron chi connectivity index (χ0n) is 16.0. The Balaban J connectivity index is 1.54. The number of hydrogen-bond acceptors (Lipinski definition) is 2. The van der Waals surface area contributed by atoms with Gasteiger partial charge in [0.2, 0.25) is 0 Å². The predicted molar refractivity (Wildman–Crippen MR) is 117 cm³/mol. The number of carbonyl (C=O) groups is 2. The smallest absolute Gasteiger partial charge is 0.255 e. The third-order valence-corrected chi connectivity index (χ3v) is 4.79. The lowest BCUT2D eigenvalue weighted by Gasteiger charge is -2.11. The van der Waals surface area contributed by atoms with Crippen molar-refractivity contribution in [3.05, 3.63) is 108 Å². The molecular formula is C25H20N2O2. The Morgan fingerprint density at radius 3 is 2.10 bits per heavy atom. The highest BCUT2D eigenvalue weighted by atomic mass is 16.2. The van der Waals surface area contributed by atoms with Crippen LogP contribution in [-0.2, 0) is 0 Å². The van der Waals surface area contributed by atoms with Crippen LogP contribution in [0.2, 0.25) is 0 Å². The second-order valence-electron chi connectivity index (χ2n) is 6.87. The van der Waals surface area contributed by atoms with Gasteiger partial charge in [-0.3, -0.25) is 9.59 Å². The topological polar surface area (TPSA) is 58.2 Å². The fourth-order valence-corrected chi connectivity index (χ4v) is 3.15. The van der Waals surface area contributed by atoms with Crippen LogP contribution in [0.15, 0.2) is 91.0 Å². The Morgan fingerprint density at radius 2 is 1.31 bits per heavy atom. The summed E-state index contributed by atoms with van der Waals surface area (Å²) in [7, 11) is 0. The van der Waals surface area contributed by atoms with Crippen molar-refractivity contribution < 1.29 is 9.59 Å². The molecule has 0 aromatic heterocycles. The molecule has 2 N–H and O–H groups in total. The summed E-state index contributed by atoms with van der Waals surface area (Å²) in [6.45, 7) is 1.89. The number of nitrogens with one attached hydrogen (secondary N) is 2. The van der Waals surface area contributed by atoms with Gasteiger partial charge in [-0.2, -0.15) is 0 Å². The maximum Gasteiger partial charge on any atom is 0.255 e. The van der Waals surface area contributed by atoms with E-state index in [9.17, 15) is 9.59 Å². The summed E-state index contributed by atoms with van der Waals surface area (Å²) in [6.07, 6.45) is 0. The van der Waals surface area contributed by atoms with Gasteiger partial charge in [-0.1, -0.05) is 54.6 Å². The largest absolute Gasteiger partial charge is 0.322 e. The molecule has 0 fully saturated rings. The molecule has 4 aromatic rings. The average Bonchev–Trinajstić information content (AvgIpc) is 2.75. The minimum atomic E-state index is -0.226. The highest BCUT2D eigenvalue weighted by Gasteiger charge is 2.12. The third kappa shape index (κ3) is 4.17. The van der Waals surface area contributed by atoms with Gasteiger partial charge in [0, 0.05) is 22.5 Å². The molecule has 4 heteroatoms. The minimum Gasteiger partial charge on any atom is -0.322 e. The quantitative estimate of drug-likeness (QED) is 0.480. The van der Waals surface area contributed by atoms with E-state index in [1.54, 1.807) is 24.3 Å². The van der Waals surface area contributed by atoms with Crippen molar-refractivity contribution >= 4 is 34.0 Å². The van der Waals surface area contributed by atoms with Crippen molar-refractivity contribution in [1.82, 2.24) is 0 Å². The molecule has 0 spiro atoms. The Bertz CT molecular complexity index is 1200. The van der Waals surface area contributed by atoms with Crippen molar-refractivity contribution in [2.24, 2.45) is 0 Å². The number of rotatable bonds is 4. The lowest BCUT2D eigenvalue weighted by Crippen LogP contribution is -2.15. The molecule has 4 aromatic carbocycles. The van der Waals surface area contributed by atoms with Crippen molar-refractivity contribution in [3.8, 4) is 0 Å². The summed E-state index contributed by atoms with van der Waals surface area (Å²) in [5.74, 6) is -0.434.